The molecule has 3 rings (SSSR count). The van der Waals surface area contributed by atoms with Crippen LogP contribution in [0.25, 0.3) is 11.0 Å². The Morgan fingerprint density at radius 2 is 1.89 bits per heavy atom. The molecule has 2 aromatic rings. The van der Waals surface area contributed by atoms with Gasteiger partial charge in [-0.3, -0.25) is 0 Å². The van der Waals surface area contributed by atoms with E-state index in [-0.39, 0.29) is 0 Å². The molecule has 1 fully saturated rings. The Kier molecular flexibility index (Phi) is 5.83. The Morgan fingerprint density at radius 1 is 1.15 bits per heavy atom. The topological polar surface area (TPSA) is 130 Å². The van der Waals surface area contributed by atoms with Crippen molar-refractivity contribution < 1.29 is 34.3 Å². The predicted molar refractivity (Wildman–Crippen MR) is 95.6 cm³/mol. The van der Waals surface area contributed by atoms with Crippen molar-refractivity contribution in [3.05, 3.63) is 39.7 Å². The summed E-state index contributed by atoms with van der Waals surface area (Å²) in [5.74, 6) is 0.295. The summed E-state index contributed by atoms with van der Waals surface area (Å²) in [7, 11) is 0. The summed E-state index contributed by atoms with van der Waals surface area (Å²) in [5.41, 5.74) is 1.35. The second-order valence-electron chi connectivity index (χ2n) is 6.72. The highest BCUT2D eigenvalue weighted by atomic mass is 16.7. The minimum atomic E-state index is -1.53. The zero-order chi connectivity index (χ0) is 19.7. The lowest BCUT2D eigenvalue weighted by Gasteiger charge is -2.39. The van der Waals surface area contributed by atoms with Gasteiger partial charge in [0.25, 0.3) is 0 Å². The zero-order valence-corrected chi connectivity index (χ0v) is 15.2. The highest BCUT2D eigenvalue weighted by Gasteiger charge is 2.44. The molecule has 0 amide bonds. The standard InChI is InChI=1S/C19H24O8/c1-3-4-10-7-14(21)27-18-9(2)12(6-5-11(10)18)25-19-17(24)16(23)15(22)13(8-20)26-19/h5-7,13,15-17,19-20,22-24H,3-4,8H2,1-2H3/t13-,15-,16+,17-,19-/m0/s1. The number of aliphatic hydroxyl groups is 4. The quantitative estimate of drug-likeness (QED) is 0.543. The van der Waals surface area contributed by atoms with Crippen LogP contribution in [0.15, 0.2) is 27.4 Å². The highest BCUT2D eigenvalue weighted by Crippen LogP contribution is 2.31. The van der Waals surface area contributed by atoms with Crippen LogP contribution in [-0.2, 0) is 11.2 Å². The molecular weight excluding hydrogens is 356 g/mol. The minimum absolute atomic E-state index is 0.295. The molecule has 1 aromatic carbocycles. The van der Waals surface area contributed by atoms with Crippen molar-refractivity contribution in [1.82, 2.24) is 0 Å². The molecule has 148 valence electrons. The number of aryl methyl sites for hydroxylation is 2. The predicted octanol–water partition coefficient (Wildman–Crippen LogP) is 0.233. The summed E-state index contributed by atoms with van der Waals surface area (Å²) >= 11 is 0. The molecule has 1 saturated heterocycles. The van der Waals surface area contributed by atoms with Gasteiger partial charge in [-0.1, -0.05) is 13.3 Å². The summed E-state index contributed by atoms with van der Waals surface area (Å²) in [6.07, 6.45) is -5.27. The number of benzene rings is 1. The van der Waals surface area contributed by atoms with Crippen molar-refractivity contribution in [2.75, 3.05) is 6.61 Å². The summed E-state index contributed by atoms with van der Waals surface area (Å²) in [4.78, 5) is 11.9. The molecule has 0 aliphatic carbocycles. The molecule has 5 atom stereocenters. The number of ether oxygens (including phenoxy) is 2. The van der Waals surface area contributed by atoms with Gasteiger partial charge in [-0.15, -0.1) is 0 Å². The maximum atomic E-state index is 11.9. The first kappa shape index (κ1) is 19.8. The summed E-state index contributed by atoms with van der Waals surface area (Å²) in [5, 5.41) is 39.9. The summed E-state index contributed by atoms with van der Waals surface area (Å²) in [6, 6.07) is 4.90. The van der Waals surface area contributed by atoms with Crippen LogP contribution in [0.1, 0.15) is 24.5 Å². The monoisotopic (exact) mass is 380 g/mol. The Bertz CT molecular complexity index is 859. The van der Waals surface area contributed by atoms with E-state index in [9.17, 15) is 25.2 Å². The number of fused-ring (bicyclic) bond motifs is 1. The maximum Gasteiger partial charge on any atom is 0.336 e. The highest BCUT2D eigenvalue weighted by molar-refractivity contribution is 5.85. The van der Waals surface area contributed by atoms with E-state index in [0.29, 0.717) is 16.9 Å². The van der Waals surface area contributed by atoms with E-state index in [0.717, 1.165) is 23.8 Å². The number of rotatable bonds is 5. The van der Waals surface area contributed by atoms with Gasteiger partial charge < -0.3 is 34.3 Å². The molecule has 27 heavy (non-hydrogen) atoms. The van der Waals surface area contributed by atoms with Gasteiger partial charge in [-0.25, -0.2) is 4.79 Å². The zero-order valence-electron chi connectivity index (χ0n) is 15.2. The second-order valence-corrected chi connectivity index (χ2v) is 6.72. The first-order chi connectivity index (χ1) is 12.9. The average molecular weight is 380 g/mol. The summed E-state index contributed by atoms with van der Waals surface area (Å²) < 4.78 is 16.4. The van der Waals surface area contributed by atoms with Crippen molar-refractivity contribution >= 4 is 11.0 Å². The fourth-order valence-electron chi connectivity index (χ4n) is 3.30. The van der Waals surface area contributed by atoms with Crippen LogP contribution in [-0.4, -0.2) is 57.7 Å². The van der Waals surface area contributed by atoms with Crippen molar-refractivity contribution in [2.24, 2.45) is 0 Å². The molecule has 0 bridgehead atoms. The minimum Gasteiger partial charge on any atom is -0.462 e. The third-order valence-corrected chi connectivity index (χ3v) is 4.81. The molecular formula is C19H24O8. The lowest BCUT2D eigenvalue weighted by Crippen LogP contribution is -2.60. The van der Waals surface area contributed by atoms with E-state index >= 15 is 0 Å². The Balaban J connectivity index is 1.95. The molecule has 1 aromatic heterocycles. The van der Waals surface area contributed by atoms with Gasteiger partial charge in [0.05, 0.1) is 6.61 Å². The van der Waals surface area contributed by atoms with Gasteiger partial charge >= 0.3 is 5.63 Å². The number of aliphatic hydroxyl groups excluding tert-OH is 4. The molecule has 1 aliphatic heterocycles. The molecule has 0 spiro atoms. The van der Waals surface area contributed by atoms with Crippen molar-refractivity contribution in [1.29, 1.82) is 0 Å². The van der Waals surface area contributed by atoms with Crippen LogP contribution in [0.4, 0.5) is 0 Å². The van der Waals surface area contributed by atoms with Crippen LogP contribution < -0.4 is 10.4 Å². The van der Waals surface area contributed by atoms with Gasteiger partial charge in [0.1, 0.15) is 35.7 Å². The molecule has 4 N–H and O–H groups in total. The third-order valence-electron chi connectivity index (χ3n) is 4.81. The third kappa shape index (κ3) is 3.71. The van der Waals surface area contributed by atoms with Gasteiger partial charge in [0.15, 0.2) is 0 Å². The number of hydrogen-bond donors (Lipinski definition) is 4. The fraction of sp³-hybridized carbons (Fsp3) is 0.526. The van der Waals surface area contributed by atoms with Crippen molar-refractivity contribution in [3.8, 4) is 5.75 Å². The molecule has 8 nitrogen and oxygen atoms in total. The van der Waals surface area contributed by atoms with E-state index in [1.165, 1.54) is 6.07 Å². The largest absolute Gasteiger partial charge is 0.462 e. The maximum absolute atomic E-state index is 11.9. The van der Waals surface area contributed by atoms with Gasteiger partial charge in [0.2, 0.25) is 6.29 Å². The van der Waals surface area contributed by atoms with Crippen LogP contribution in [0, 0.1) is 6.92 Å². The lowest BCUT2D eigenvalue weighted by atomic mass is 9.99. The molecule has 8 heteroatoms. The van der Waals surface area contributed by atoms with Crippen molar-refractivity contribution in [2.45, 2.75) is 57.4 Å². The Labute approximate surface area is 155 Å². The smallest absolute Gasteiger partial charge is 0.336 e. The fourth-order valence-corrected chi connectivity index (χ4v) is 3.30. The molecule has 1 aliphatic rings. The van der Waals surface area contributed by atoms with E-state index in [4.69, 9.17) is 13.9 Å². The van der Waals surface area contributed by atoms with E-state index in [1.807, 2.05) is 6.92 Å². The van der Waals surface area contributed by atoms with Crippen LogP contribution in [0.5, 0.6) is 5.75 Å². The SMILES string of the molecule is CCCc1cc(=O)oc2c(C)c(O[C@H]3O[C@@H](CO)[C@H](O)[C@@H](O)[C@@H]3O)ccc12. The average Bonchev–Trinajstić information content (AvgIpc) is 2.64. The first-order valence-corrected chi connectivity index (χ1v) is 8.90. The second kappa shape index (κ2) is 7.95. The summed E-state index contributed by atoms with van der Waals surface area (Å²) in [6.45, 7) is 3.18. The van der Waals surface area contributed by atoms with E-state index < -0.39 is 42.9 Å². The lowest BCUT2D eigenvalue weighted by molar-refractivity contribution is -0.277. The normalized spacial score (nSPS) is 28.4. The molecule has 2 heterocycles. The molecule has 0 unspecified atom stereocenters. The molecule has 0 radical (unpaired) electrons. The van der Waals surface area contributed by atoms with Crippen LogP contribution >= 0.6 is 0 Å². The van der Waals surface area contributed by atoms with Crippen molar-refractivity contribution in [3.63, 3.8) is 0 Å². The van der Waals surface area contributed by atoms with Gasteiger partial charge in [-0.05, 0) is 31.0 Å². The number of hydrogen-bond acceptors (Lipinski definition) is 8. The Morgan fingerprint density at radius 3 is 2.56 bits per heavy atom. The van der Waals surface area contributed by atoms with Crippen LogP contribution in [0.2, 0.25) is 0 Å². The Hall–Kier alpha value is -1.97. The molecule has 0 saturated carbocycles. The van der Waals surface area contributed by atoms with Gasteiger partial charge in [0, 0.05) is 17.0 Å². The van der Waals surface area contributed by atoms with Gasteiger partial charge in [-0.2, -0.15) is 0 Å². The van der Waals surface area contributed by atoms with E-state index in [2.05, 4.69) is 0 Å². The van der Waals surface area contributed by atoms with Crippen LogP contribution in [0.3, 0.4) is 0 Å². The first-order valence-electron chi connectivity index (χ1n) is 8.90. The van der Waals surface area contributed by atoms with E-state index in [1.54, 1.807) is 19.1 Å².